The molecule has 1 aromatic heterocycles. The molecular formula is C10H13ClN2O2. The molecule has 0 aliphatic rings. The van der Waals surface area contributed by atoms with E-state index in [9.17, 15) is 9.59 Å². The van der Waals surface area contributed by atoms with Crippen LogP contribution in [-0.2, 0) is 18.4 Å². The molecule has 1 heterocycles. The monoisotopic (exact) mass is 228 g/mol. The number of carbonyl (C=O) groups is 1. The minimum absolute atomic E-state index is 0.0911. The van der Waals surface area contributed by atoms with Crippen molar-refractivity contribution >= 4 is 17.5 Å². The molecule has 5 heteroatoms. The van der Waals surface area contributed by atoms with Crippen LogP contribution in [0.4, 0.5) is 0 Å². The highest BCUT2D eigenvalue weighted by Crippen LogP contribution is 1.96. The van der Waals surface area contributed by atoms with E-state index < -0.39 is 0 Å². The van der Waals surface area contributed by atoms with Crippen molar-refractivity contribution in [3.8, 4) is 0 Å². The molecule has 1 amide bonds. The molecular weight excluding hydrogens is 216 g/mol. The fraction of sp³-hybridized carbons (Fsp3) is 0.400. The third-order valence-electron chi connectivity index (χ3n) is 2.23. The summed E-state index contributed by atoms with van der Waals surface area (Å²) in [5.74, 6) is -0.370. The fourth-order valence-corrected chi connectivity index (χ4v) is 1.25. The molecule has 82 valence electrons. The molecule has 0 atom stereocenters. The van der Waals surface area contributed by atoms with Crippen molar-refractivity contribution in [1.82, 2.24) is 9.88 Å². The largest absolute Gasteiger partial charge is 0.351 e. The Bertz CT molecular complexity index is 426. The summed E-state index contributed by atoms with van der Waals surface area (Å²) in [5, 5.41) is 2.55. The number of pyridine rings is 1. The van der Waals surface area contributed by atoms with Crippen LogP contribution in [0.2, 0.25) is 0 Å². The highest BCUT2D eigenvalue weighted by molar-refractivity contribution is 6.27. The summed E-state index contributed by atoms with van der Waals surface area (Å²) in [6.45, 7) is 2.07. The van der Waals surface area contributed by atoms with E-state index in [4.69, 9.17) is 11.6 Å². The minimum Gasteiger partial charge on any atom is -0.351 e. The van der Waals surface area contributed by atoms with Gasteiger partial charge >= 0.3 is 0 Å². The van der Waals surface area contributed by atoms with Gasteiger partial charge < -0.3 is 9.88 Å². The Morgan fingerprint density at radius 3 is 2.80 bits per heavy atom. The van der Waals surface area contributed by atoms with Crippen molar-refractivity contribution in [2.75, 3.05) is 5.88 Å². The van der Waals surface area contributed by atoms with E-state index >= 15 is 0 Å². The van der Waals surface area contributed by atoms with Gasteiger partial charge in [-0.05, 0) is 13.0 Å². The molecule has 0 aliphatic carbocycles. The van der Waals surface area contributed by atoms with E-state index in [-0.39, 0.29) is 23.9 Å². The average molecular weight is 229 g/mol. The van der Waals surface area contributed by atoms with Crippen LogP contribution in [0.1, 0.15) is 11.3 Å². The third-order valence-corrected chi connectivity index (χ3v) is 2.47. The van der Waals surface area contributed by atoms with Gasteiger partial charge in [0, 0.05) is 24.8 Å². The molecule has 15 heavy (non-hydrogen) atoms. The molecule has 0 unspecified atom stereocenters. The lowest BCUT2D eigenvalue weighted by atomic mass is 10.2. The molecule has 0 bridgehead atoms. The lowest BCUT2D eigenvalue weighted by Gasteiger charge is -2.07. The molecule has 0 spiro atoms. The summed E-state index contributed by atoms with van der Waals surface area (Å²) >= 11 is 5.32. The van der Waals surface area contributed by atoms with Crippen LogP contribution >= 0.6 is 11.6 Å². The zero-order chi connectivity index (χ0) is 11.4. The fourth-order valence-electron chi connectivity index (χ4n) is 1.16. The standard InChI is InChI=1S/C10H13ClN2O2/c1-7-3-4-8(10(15)13(7)2)6-12-9(14)5-11/h3-4H,5-6H2,1-2H3,(H,12,14). The molecule has 1 N–H and O–H groups in total. The summed E-state index contributed by atoms with van der Waals surface area (Å²) in [6, 6.07) is 3.55. The third kappa shape index (κ3) is 2.83. The number of alkyl halides is 1. The maximum atomic E-state index is 11.7. The highest BCUT2D eigenvalue weighted by atomic mass is 35.5. The topological polar surface area (TPSA) is 51.1 Å². The second-order valence-electron chi connectivity index (χ2n) is 3.27. The lowest BCUT2D eigenvalue weighted by molar-refractivity contribution is -0.118. The number of hydrogen-bond acceptors (Lipinski definition) is 2. The zero-order valence-corrected chi connectivity index (χ0v) is 9.47. The van der Waals surface area contributed by atoms with Crippen molar-refractivity contribution in [2.45, 2.75) is 13.5 Å². The number of rotatable bonds is 3. The van der Waals surface area contributed by atoms with Crippen LogP contribution < -0.4 is 10.9 Å². The predicted octanol–water partition coefficient (Wildman–Crippen LogP) is 0.549. The Morgan fingerprint density at radius 1 is 1.53 bits per heavy atom. The number of aromatic nitrogens is 1. The maximum Gasteiger partial charge on any atom is 0.255 e. The zero-order valence-electron chi connectivity index (χ0n) is 8.71. The van der Waals surface area contributed by atoms with Gasteiger partial charge in [-0.1, -0.05) is 6.07 Å². The Labute approximate surface area is 92.9 Å². The number of nitrogens with one attached hydrogen (secondary N) is 1. The molecule has 4 nitrogen and oxygen atoms in total. The van der Waals surface area contributed by atoms with Crippen molar-refractivity contribution in [3.63, 3.8) is 0 Å². The van der Waals surface area contributed by atoms with E-state index in [1.165, 1.54) is 0 Å². The molecule has 0 fully saturated rings. The van der Waals surface area contributed by atoms with Gasteiger partial charge in [0.2, 0.25) is 5.91 Å². The number of hydrogen-bond donors (Lipinski definition) is 1. The van der Waals surface area contributed by atoms with Crippen LogP contribution in [0.3, 0.4) is 0 Å². The van der Waals surface area contributed by atoms with Crippen molar-refractivity contribution in [1.29, 1.82) is 0 Å². The summed E-state index contributed by atoms with van der Waals surface area (Å²) in [4.78, 5) is 22.6. The van der Waals surface area contributed by atoms with E-state index in [1.807, 2.05) is 13.0 Å². The second-order valence-corrected chi connectivity index (χ2v) is 3.54. The SMILES string of the molecule is Cc1ccc(CNC(=O)CCl)c(=O)n1C. The normalized spacial score (nSPS) is 10.1. The molecule has 0 aliphatic heterocycles. The van der Waals surface area contributed by atoms with Gasteiger partial charge in [0.15, 0.2) is 0 Å². The number of carbonyl (C=O) groups excluding carboxylic acids is 1. The number of aryl methyl sites for hydroxylation is 1. The Kier molecular flexibility index (Phi) is 3.91. The van der Waals surface area contributed by atoms with E-state index in [2.05, 4.69) is 5.32 Å². The molecule has 0 saturated heterocycles. The summed E-state index contributed by atoms with van der Waals surface area (Å²) in [5.41, 5.74) is 1.35. The van der Waals surface area contributed by atoms with Gasteiger partial charge in [-0.15, -0.1) is 11.6 Å². The Morgan fingerprint density at radius 2 is 2.20 bits per heavy atom. The van der Waals surface area contributed by atoms with E-state index in [0.717, 1.165) is 5.69 Å². The highest BCUT2D eigenvalue weighted by Gasteiger charge is 2.04. The summed E-state index contributed by atoms with van der Waals surface area (Å²) in [6.07, 6.45) is 0. The molecule has 1 aromatic rings. The Balaban J connectivity index is 2.84. The molecule has 0 saturated carbocycles. The van der Waals surface area contributed by atoms with Gasteiger partial charge in [0.1, 0.15) is 5.88 Å². The van der Waals surface area contributed by atoms with E-state index in [1.54, 1.807) is 17.7 Å². The summed E-state index contributed by atoms with van der Waals surface area (Å²) in [7, 11) is 1.70. The predicted molar refractivity (Wildman–Crippen MR) is 59.0 cm³/mol. The first-order chi connectivity index (χ1) is 7.06. The number of amides is 1. The van der Waals surface area contributed by atoms with Crippen molar-refractivity contribution < 1.29 is 4.79 Å². The van der Waals surface area contributed by atoms with Crippen LogP contribution in [0.5, 0.6) is 0 Å². The summed E-state index contributed by atoms with van der Waals surface area (Å²) < 4.78 is 1.54. The maximum absolute atomic E-state index is 11.7. The van der Waals surface area contributed by atoms with Crippen LogP contribution in [0.25, 0.3) is 0 Å². The van der Waals surface area contributed by atoms with Gasteiger partial charge in [0.25, 0.3) is 5.56 Å². The average Bonchev–Trinajstić information content (AvgIpc) is 2.24. The number of nitrogens with zero attached hydrogens (tertiary/aromatic N) is 1. The molecule has 1 rings (SSSR count). The quantitative estimate of drug-likeness (QED) is 0.769. The van der Waals surface area contributed by atoms with Gasteiger partial charge in [0.05, 0.1) is 0 Å². The molecule has 0 aromatic carbocycles. The Hall–Kier alpha value is -1.29. The first-order valence-corrected chi connectivity index (χ1v) is 5.08. The first-order valence-electron chi connectivity index (χ1n) is 4.54. The first kappa shape index (κ1) is 11.8. The van der Waals surface area contributed by atoms with Crippen LogP contribution in [-0.4, -0.2) is 16.4 Å². The van der Waals surface area contributed by atoms with Crippen LogP contribution in [0, 0.1) is 6.92 Å². The van der Waals surface area contributed by atoms with Crippen molar-refractivity contribution in [2.24, 2.45) is 7.05 Å². The smallest absolute Gasteiger partial charge is 0.255 e. The van der Waals surface area contributed by atoms with Crippen LogP contribution in [0.15, 0.2) is 16.9 Å². The second kappa shape index (κ2) is 4.98. The van der Waals surface area contributed by atoms with Gasteiger partial charge in [-0.25, -0.2) is 0 Å². The van der Waals surface area contributed by atoms with Gasteiger partial charge in [-0.3, -0.25) is 9.59 Å². The van der Waals surface area contributed by atoms with Gasteiger partial charge in [-0.2, -0.15) is 0 Å². The minimum atomic E-state index is -0.278. The van der Waals surface area contributed by atoms with E-state index in [0.29, 0.717) is 5.56 Å². The number of halogens is 1. The lowest BCUT2D eigenvalue weighted by Crippen LogP contribution is -2.30. The van der Waals surface area contributed by atoms with Crippen molar-refractivity contribution in [3.05, 3.63) is 33.7 Å². The molecule has 0 radical (unpaired) electrons.